The van der Waals surface area contributed by atoms with E-state index in [-0.39, 0.29) is 17.5 Å². The van der Waals surface area contributed by atoms with Crippen molar-refractivity contribution >= 4 is 45.1 Å². The molecule has 2 N–H and O–H groups in total. The van der Waals surface area contributed by atoms with E-state index >= 15 is 0 Å². The maximum atomic E-state index is 13.3. The monoisotopic (exact) mass is 551 g/mol. The number of nitrogens with zero attached hydrogens (tertiary/aromatic N) is 2. The second kappa shape index (κ2) is 10.7. The number of benzene rings is 2. The number of rotatable bonds is 7. The van der Waals surface area contributed by atoms with E-state index in [0.29, 0.717) is 16.3 Å². The maximum Gasteiger partial charge on any atom is 0.335 e. The highest BCUT2D eigenvalue weighted by atomic mass is 79.9. The lowest BCUT2D eigenvalue weighted by Crippen LogP contribution is -2.34. The lowest BCUT2D eigenvalue weighted by molar-refractivity contribution is -0.119. The number of hydrogen-bond acceptors (Lipinski definition) is 4. The molecular weight excluding hydrogens is 534 g/mol. The molecule has 9 heteroatoms. The first-order chi connectivity index (χ1) is 16.8. The van der Waals surface area contributed by atoms with Gasteiger partial charge in [-0.05, 0) is 71.3 Å². The molecule has 0 spiro atoms. The Bertz CT molecular complexity index is 1440. The van der Waals surface area contributed by atoms with Crippen LogP contribution in [-0.4, -0.2) is 26.5 Å². The molecule has 0 radical (unpaired) electrons. The summed E-state index contributed by atoms with van der Waals surface area (Å²) in [5.74, 6) is -1.48. The summed E-state index contributed by atoms with van der Waals surface area (Å²) in [4.78, 5) is 41.7. The van der Waals surface area contributed by atoms with Gasteiger partial charge in [-0.2, -0.15) is 0 Å². The number of amides is 1. The average Bonchev–Trinajstić information content (AvgIpc) is 2.85. The quantitative estimate of drug-likeness (QED) is 0.318. The normalized spacial score (nSPS) is 11.6. The van der Waals surface area contributed by atoms with Crippen molar-refractivity contribution in [1.29, 1.82) is 0 Å². The molecule has 0 saturated heterocycles. The van der Waals surface area contributed by atoms with Gasteiger partial charge in [-0.15, -0.1) is 0 Å². The van der Waals surface area contributed by atoms with E-state index in [1.807, 2.05) is 6.07 Å². The van der Waals surface area contributed by atoms with Gasteiger partial charge < -0.3 is 15.0 Å². The molecule has 2 aromatic heterocycles. The van der Waals surface area contributed by atoms with Crippen molar-refractivity contribution in [1.82, 2.24) is 9.55 Å². The van der Waals surface area contributed by atoms with Crippen LogP contribution in [0.15, 0.2) is 94.6 Å². The molecule has 1 amide bonds. The number of carbonyl (C=O) groups excluding carboxylic acids is 1. The molecule has 0 aliphatic rings. The summed E-state index contributed by atoms with van der Waals surface area (Å²) in [7, 11) is 0. The van der Waals surface area contributed by atoms with Crippen LogP contribution in [0.25, 0.3) is 11.1 Å². The van der Waals surface area contributed by atoms with Crippen LogP contribution in [0.2, 0.25) is 5.02 Å². The average molecular weight is 553 g/mol. The van der Waals surface area contributed by atoms with Crippen molar-refractivity contribution in [2.24, 2.45) is 0 Å². The second-order valence-electron chi connectivity index (χ2n) is 7.74. The number of pyridine rings is 2. The van der Waals surface area contributed by atoms with Crippen LogP contribution in [0.4, 0.5) is 5.69 Å². The molecule has 4 aromatic rings. The van der Waals surface area contributed by atoms with Crippen LogP contribution in [0.3, 0.4) is 0 Å². The van der Waals surface area contributed by atoms with Gasteiger partial charge in [0.25, 0.3) is 5.56 Å². The van der Waals surface area contributed by atoms with Crippen molar-refractivity contribution in [3.8, 4) is 11.1 Å². The second-order valence-corrected chi connectivity index (χ2v) is 9.03. The minimum Gasteiger partial charge on any atom is -0.478 e. The Kier molecular flexibility index (Phi) is 7.43. The SMILES string of the molecule is O=C(O)c1ccc(NC(=O)C(Cc2cccnc2)n2ccc(-c3cc(Cl)ccc3Br)cc2=O)cc1. The third-order valence-electron chi connectivity index (χ3n) is 5.38. The molecule has 2 aromatic carbocycles. The third-order valence-corrected chi connectivity index (χ3v) is 6.30. The first kappa shape index (κ1) is 24.4. The van der Waals surface area contributed by atoms with Crippen molar-refractivity contribution in [3.05, 3.63) is 116 Å². The third kappa shape index (κ3) is 5.85. The van der Waals surface area contributed by atoms with Gasteiger partial charge in [-0.1, -0.05) is 33.6 Å². The molecule has 7 nitrogen and oxygen atoms in total. The molecule has 1 unspecified atom stereocenters. The molecule has 0 aliphatic heterocycles. The molecular formula is C26H19BrClN3O4. The van der Waals surface area contributed by atoms with Crippen LogP contribution in [0.1, 0.15) is 22.0 Å². The van der Waals surface area contributed by atoms with Crippen LogP contribution in [0.5, 0.6) is 0 Å². The van der Waals surface area contributed by atoms with E-state index < -0.39 is 17.9 Å². The maximum absolute atomic E-state index is 13.3. The number of carbonyl (C=O) groups is 2. The molecule has 176 valence electrons. The molecule has 0 fully saturated rings. The fourth-order valence-electron chi connectivity index (χ4n) is 3.61. The summed E-state index contributed by atoms with van der Waals surface area (Å²) in [6, 6.07) is 17.0. The molecule has 35 heavy (non-hydrogen) atoms. The number of halogens is 2. The number of carboxylic acids is 1. The van der Waals surface area contributed by atoms with Gasteiger partial charge in [0.15, 0.2) is 0 Å². The summed E-state index contributed by atoms with van der Waals surface area (Å²) < 4.78 is 2.16. The molecule has 0 saturated carbocycles. The number of nitrogens with one attached hydrogen (secondary N) is 1. The Morgan fingerprint density at radius 1 is 1.09 bits per heavy atom. The lowest BCUT2D eigenvalue weighted by atomic mass is 10.0. The van der Waals surface area contributed by atoms with E-state index in [0.717, 1.165) is 15.6 Å². The summed E-state index contributed by atoms with van der Waals surface area (Å²) in [5.41, 5.74) is 2.36. The van der Waals surface area contributed by atoms with Crippen molar-refractivity contribution < 1.29 is 14.7 Å². The number of aromatic carboxylic acids is 1. The zero-order chi connectivity index (χ0) is 24.9. The van der Waals surface area contributed by atoms with Gasteiger partial charge in [-0.25, -0.2) is 4.79 Å². The Morgan fingerprint density at radius 2 is 1.86 bits per heavy atom. The molecule has 0 bridgehead atoms. The van der Waals surface area contributed by atoms with E-state index in [1.165, 1.54) is 34.9 Å². The number of hydrogen-bond donors (Lipinski definition) is 2. The van der Waals surface area contributed by atoms with E-state index in [1.54, 1.807) is 48.9 Å². The standard InChI is InChI=1S/C26H19BrClN3O4/c27-22-8-5-19(28)14-21(22)18-9-11-31(24(32)13-18)23(12-16-2-1-10-29-15-16)25(33)30-20-6-3-17(4-7-20)26(34)35/h1-11,13-15,23H,12H2,(H,30,33)(H,34,35). The van der Waals surface area contributed by atoms with Gasteiger partial charge in [0.2, 0.25) is 5.91 Å². The van der Waals surface area contributed by atoms with Crippen molar-refractivity contribution in [3.63, 3.8) is 0 Å². The minimum absolute atomic E-state index is 0.105. The molecule has 4 rings (SSSR count). The lowest BCUT2D eigenvalue weighted by Gasteiger charge is -2.20. The molecule has 0 aliphatic carbocycles. The Labute approximate surface area is 214 Å². The van der Waals surface area contributed by atoms with Gasteiger partial charge in [0, 0.05) is 46.3 Å². The predicted molar refractivity (Wildman–Crippen MR) is 138 cm³/mol. The van der Waals surface area contributed by atoms with Gasteiger partial charge in [-0.3, -0.25) is 14.6 Å². The summed E-state index contributed by atoms with van der Waals surface area (Å²) in [5, 5.41) is 12.4. The van der Waals surface area contributed by atoms with Gasteiger partial charge >= 0.3 is 5.97 Å². The summed E-state index contributed by atoms with van der Waals surface area (Å²) in [6.45, 7) is 0. The molecule has 2 heterocycles. The molecule has 1 atom stereocenters. The topological polar surface area (TPSA) is 101 Å². The van der Waals surface area contributed by atoms with Gasteiger partial charge in [0.05, 0.1) is 5.56 Å². The zero-order valence-electron chi connectivity index (χ0n) is 18.2. The summed E-state index contributed by atoms with van der Waals surface area (Å²) >= 11 is 9.61. The fraction of sp³-hybridized carbons (Fsp3) is 0.0769. The van der Waals surface area contributed by atoms with Crippen molar-refractivity contribution in [2.45, 2.75) is 12.5 Å². The van der Waals surface area contributed by atoms with E-state index in [9.17, 15) is 14.4 Å². The highest BCUT2D eigenvalue weighted by Crippen LogP contribution is 2.30. The largest absolute Gasteiger partial charge is 0.478 e. The van der Waals surface area contributed by atoms with E-state index in [2.05, 4.69) is 26.2 Å². The van der Waals surface area contributed by atoms with Gasteiger partial charge in [0.1, 0.15) is 6.04 Å². The Balaban J connectivity index is 1.68. The highest BCUT2D eigenvalue weighted by Gasteiger charge is 2.23. The smallest absolute Gasteiger partial charge is 0.335 e. The van der Waals surface area contributed by atoms with Crippen LogP contribution in [-0.2, 0) is 11.2 Å². The number of aromatic nitrogens is 2. The first-order valence-corrected chi connectivity index (χ1v) is 11.7. The Hall–Kier alpha value is -3.75. The predicted octanol–water partition coefficient (Wildman–Crippen LogP) is 5.45. The zero-order valence-corrected chi connectivity index (χ0v) is 20.5. The fourth-order valence-corrected chi connectivity index (χ4v) is 4.26. The minimum atomic E-state index is -1.06. The highest BCUT2D eigenvalue weighted by molar-refractivity contribution is 9.10. The van der Waals surface area contributed by atoms with E-state index in [4.69, 9.17) is 16.7 Å². The van der Waals surface area contributed by atoms with Crippen LogP contribution < -0.4 is 10.9 Å². The first-order valence-electron chi connectivity index (χ1n) is 10.5. The van der Waals surface area contributed by atoms with Crippen molar-refractivity contribution in [2.75, 3.05) is 5.32 Å². The Morgan fingerprint density at radius 3 is 2.51 bits per heavy atom. The summed E-state index contributed by atoms with van der Waals surface area (Å²) in [6.07, 6.45) is 5.09. The number of carboxylic acid groups (broad SMARTS) is 1. The van der Waals surface area contributed by atoms with Crippen LogP contribution >= 0.6 is 27.5 Å². The number of anilines is 1. The van der Waals surface area contributed by atoms with Crippen LogP contribution in [0, 0.1) is 0 Å².